The molecule has 2 aromatic rings. The SMILES string of the molecule is Cc1cc(-n2cncn2)c(CN)c(C)n1. The lowest BCUT2D eigenvalue weighted by atomic mass is 10.1. The van der Waals surface area contributed by atoms with E-state index < -0.39 is 0 Å². The van der Waals surface area contributed by atoms with Crippen LogP contribution in [0.25, 0.3) is 5.69 Å². The third-order valence-corrected chi connectivity index (χ3v) is 2.31. The molecule has 0 aromatic carbocycles. The van der Waals surface area contributed by atoms with Crippen LogP contribution in [0, 0.1) is 13.8 Å². The van der Waals surface area contributed by atoms with E-state index in [0.717, 1.165) is 22.6 Å². The Kier molecular flexibility index (Phi) is 2.47. The van der Waals surface area contributed by atoms with Crippen LogP contribution in [0.2, 0.25) is 0 Å². The summed E-state index contributed by atoms with van der Waals surface area (Å²) in [6.07, 6.45) is 3.17. The molecule has 0 spiro atoms. The number of hydrogen-bond acceptors (Lipinski definition) is 4. The van der Waals surface area contributed by atoms with Crippen molar-refractivity contribution in [2.45, 2.75) is 20.4 Å². The molecule has 0 bridgehead atoms. The Morgan fingerprint density at radius 1 is 1.40 bits per heavy atom. The van der Waals surface area contributed by atoms with Gasteiger partial charge in [0.1, 0.15) is 12.7 Å². The van der Waals surface area contributed by atoms with E-state index in [9.17, 15) is 0 Å². The summed E-state index contributed by atoms with van der Waals surface area (Å²) in [6, 6.07) is 1.96. The summed E-state index contributed by atoms with van der Waals surface area (Å²) in [6.45, 7) is 4.36. The Morgan fingerprint density at radius 3 is 2.80 bits per heavy atom. The fourth-order valence-corrected chi connectivity index (χ4v) is 1.62. The van der Waals surface area contributed by atoms with Gasteiger partial charge in [-0.15, -0.1) is 0 Å². The zero-order chi connectivity index (χ0) is 10.8. The van der Waals surface area contributed by atoms with Gasteiger partial charge in [-0.05, 0) is 19.9 Å². The number of pyridine rings is 1. The fraction of sp³-hybridized carbons (Fsp3) is 0.300. The van der Waals surface area contributed by atoms with Gasteiger partial charge >= 0.3 is 0 Å². The molecule has 0 aliphatic rings. The van der Waals surface area contributed by atoms with Crippen molar-refractivity contribution < 1.29 is 0 Å². The van der Waals surface area contributed by atoms with Gasteiger partial charge in [0.2, 0.25) is 0 Å². The molecule has 78 valence electrons. The van der Waals surface area contributed by atoms with Crippen LogP contribution in [0.15, 0.2) is 18.7 Å². The Labute approximate surface area is 88.0 Å². The molecule has 5 nitrogen and oxygen atoms in total. The lowest BCUT2D eigenvalue weighted by Gasteiger charge is -2.10. The zero-order valence-corrected chi connectivity index (χ0v) is 8.81. The maximum absolute atomic E-state index is 5.71. The van der Waals surface area contributed by atoms with Gasteiger partial charge in [0.05, 0.1) is 5.69 Å². The van der Waals surface area contributed by atoms with Crippen LogP contribution in [0.1, 0.15) is 17.0 Å². The second kappa shape index (κ2) is 3.78. The third-order valence-electron chi connectivity index (χ3n) is 2.31. The number of rotatable bonds is 2. The Bertz CT molecular complexity index is 461. The predicted octanol–water partition coefficient (Wildman–Crippen LogP) is 0.738. The second-order valence-corrected chi connectivity index (χ2v) is 3.39. The van der Waals surface area contributed by atoms with E-state index in [4.69, 9.17) is 5.73 Å². The highest BCUT2D eigenvalue weighted by molar-refractivity contribution is 5.43. The molecule has 0 fully saturated rings. The Balaban J connectivity index is 2.64. The lowest BCUT2D eigenvalue weighted by molar-refractivity contribution is 0.840. The molecule has 2 N–H and O–H groups in total. The first-order valence-electron chi connectivity index (χ1n) is 4.74. The van der Waals surface area contributed by atoms with Gasteiger partial charge in [-0.3, -0.25) is 4.98 Å². The molecule has 0 saturated heterocycles. The summed E-state index contributed by atoms with van der Waals surface area (Å²) in [4.78, 5) is 8.30. The standard InChI is InChI=1S/C10H13N5/c1-7-3-10(15-6-12-5-13-15)9(4-11)8(2)14-7/h3,5-6H,4,11H2,1-2H3. The van der Waals surface area contributed by atoms with Crippen LogP contribution in [0.4, 0.5) is 0 Å². The van der Waals surface area contributed by atoms with Crippen molar-refractivity contribution in [1.82, 2.24) is 19.7 Å². The van der Waals surface area contributed by atoms with Crippen molar-refractivity contribution in [3.8, 4) is 5.69 Å². The van der Waals surface area contributed by atoms with Gasteiger partial charge in [-0.2, -0.15) is 5.10 Å². The van der Waals surface area contributed by atoms with E-state index in [0.29, 0.717) is 6.54 Å². The van der Waals surface area contributed by atoms with Crippen molar-refractivity contribution >= 4 is 0 Å². The van der Waals surface area contributed by atoms with Crippen LogP contribution < -0.4 is 5.73 Å². The average molecular weight is 203 g/mol. The predicted molar refractivity (Wildman–Crippen MR) is 56.5 cm³/mol. The quantitative estimate of drug-likeness (QED) is 0.781. The van der Waals surface area contributed by atoms with Crippen LogP contribution in [0.3, 0.4) is 0 Å². The molecule has 0 atom stereocenters. The van der Waals surface area contributed by atoms with Gasteiger partial charge in [0.25, 0.3) is 0 Å². The topological polar surface area (TPSA) is 69.6 Å². The first-order chi connectivity index (χ1) is 7.22. The summed E-state index contributed by atoms with van der Waals surface area (Å²) in [5.74, 6) is 0. The van der Waals surface area contributed by atoms with Gasteiger partial charge < -0.3 is 5.73 Å². The summed E-state index contributed by atoms with van der Waals surface area (Å²) in [5, 5.41) is 4.10. The number of nitrogens with two attached hydrogens (primary N) is 1. The van der Waals surface area contributed by atoms with Crippen LogP contribution in [-0.2, 0) is 6.54 Å². The van der Waals surface area contributed by atoms with E-state index in [1.807, 2.05) is 19.9 Å². The molecule has 0 aliphatic carbocycles. The highest BCUT2D eigenvalue weighted by Crippen LogP contribution is 2.16. The molecule has 0 radical (unpaired) electrons. The molecule has 2 aromatic heterocycles. The van der Waals surface area contributed by atoms with E-state index in [-0.39, 0.29) is 0 Å². The van der Waals surface area contributed by atoms with Crippen molar-refractivity contribution in [3.63, 3.8) is 0 Å². The first kappa shape index (κ1) is 9.79. The molecular weight excluding hydrogens is 190 g/mol. The average Bonchev–Trinajstić information content (AvgIpc) is 2.69. The van der Waals surface area contributed by atoms with E-state index >= 15 is 0 Å². The Hall–Kier alpha value is -1.75. The summed E-state index contributed by atoms with van der Waals surface area (Å²) in [7, 11) is 0. The van der Waals surface area contributed by atoms with Crippen LogP contribution in [0.5, 0.6) is 0 Å². The number of nitrogens with zero attached hydrogens (tertiary/aromatic N) is 4. The van der Waals surface area contributed by atoms with Gasteiger partial charge in [-0.1, -0.05) is 0 Å². The molecular formula is C10H13N5. The molecule has 0 aliphatic heterocycles. The maximum atomic E-state index is 5.71. The first-order valence-corrected chi connectivity index (χ1v) is 4.74. The number of aromatic nitrogens is 4. The molecule has 15 heavy (non-hydrogen) atoms. The normalized spacial score (nSPS) is 10.6. The zero-order valence-electron chi connectivity index (χ0n) is 8.81. The highest BCUT2D eigenvalue weighted by Gasteiger charge is 2.08. The third kappa shape index (κ3) is 1.73. The number of hydrogen-bond donors (Lipinski definition) is 1. The van der Waals surface area contributed by atoms with Gasteiger partial charge in [-0.25, -0.2) is 9.67 Å². The van der Waals surface area contributed by atoms with Gasteiger partial charge in [0.15, 0.2) is 0 Å². The smallest absolute Gasteiger partial charge is 0.138 e. The minimum absolute atomic E-state index is 0.453. The van der Waals surface area contributed by atoms with Crippen molar-refractivity contribution in [2.75, 3.05) is 0 Å². The maximum Gasteiger partial charge on any atom is 0.138 e. The van der Waals surface area contributed by atoms with Crippen molar-refractivity contribution in [3.05, 3.63) is 35.7 Å². The molecule has 0 saturated carbocycles. The fourth-order valence-electron chi connectivity index (χ4n) is 1.62. The minimum atomic E-state index is 0.453. The lowest BCUT2D eigenvalue weighted by Crippen LogP contribution is -2.09. The second-order valence-electron chi connectivity index (χ2n) is 3.39. The van der Waals surface area contributed by atoms with E-state index in [1.54, 1.807) is 11.0 Å². The van der Waals surface area contributed by atoms with Crippen LogP contribution >= 0.6 is 0 Å². The molecule has 2 rings (SSSR count). The summed E-state index contributed by atoms with van der Waals surface area (Å²) < 4.78 is 1.71. The molecule has 0 amide bonds. The summed E-state index contributed by atoms with van der Waals surface area (Å²) in [5.41, 5.74) is 9.57. The highest BCUT2D eigenvalue weighted by atomic mass is 15.3. The molecule has 0 unspecified atom stereocenters. The molecule has 5 heteroatoms. The van der Waals surface area contributed by atoms with Gasteiger partial charge in [0, 0.05) is 23.5 Å². The monoisotopic (exact) mass is 203 g/mol. The Morgan fingerprint density at radius 2 is 2.20 bits per heavy atom. The van der Waals surface area contributed by atoms with E-state index in [1.165, 1.54) is 6.33 Å². The summed E-state index contributed by atoms with van der Waals surface area (Å²) >= 11 is 0. The van der Waals surface area contributed by atoms with E-state index in [2.05, 4.69) is 15.1 Å². The van der Waals surface area contributed by atoms with Crippen LogP contribution in [-0.4, -0.2) is 19.7 Å². The largest absolute Gasteiger partial charge is 0.326 e. The van der Waals surface area contributed by atoms with Crippen molar-refractivity contribution in [2.24, 2.45) is 5.73 Å². The number of aryl methyl sites for hydroxylation is 2. The van der Waals surface area contributed by atoms with Crippen molar-refractivity contribution in [1.29, 1.82) is 0 Å². The minimum Gasteiger partial charge on any atom is -0.326 e. The molecule has 2 heterocycles.